The molecule has 0 radical (unpaired) electrons. The zero-order chi connectivity index (χ0) is 12.9. The fourth-order valence-corrected chi connectivity index (χ4v) is 5.95. The molecule has 4 bridgehead atoms. The van der Waals surface area contributed by atoms with Gasteiger partial charge in [-0.3, -0.25) is 4.98 Å². The summed E-state index contributed by atoms with van der Waals surface area (Å²) in [6.45, 7) is 0. The van der Waals surface area contributed by atoms with Gasteiger partial charge in [0.25, 0.3) is 0 Å². The lowest BCUT2D eigenvalue weighted by Crippen LogP contribution is -2.50. The molecule has 19 heavy (non-hydrogen) atoms. The molecule has 5 rings (SSSR count). The smallest absolute Gasteiger partial charge is 0.0432 e. The van der Waals surface area contributed by atoms with Gasteiger partial charge in [-0.1, -0.05) is 0 Å². The zero-order valence-corrected chi connectivity index (χ0v) is 12.1. The molecule has 4 saturated carbocycles. The third-order valence-electron chi connectivity index (χ3n) is 5.91. The number of halogens is 1. The highest BCUT2D eigenvalue weighted by Crippen LogP contribution is 2.62. The standard InChI is InChI=1S/C17H22ClN/c18-16(8-12-1-3-19-4-2-12)17-9-13-5-14(10-17)7-15(6-13)11-17/h1-4,13-16H,5-11H2. The van der Waals surface area contributed by atoms with Crippen molar-refractivity contribution in [3.8, 4) is 0 Å². The van der Waals surface area contributed by atoms with Gasteiger partial charge in [0, 0.05) is 17.8 Å². The summed E-state index contributed by atoms with van der Waals surface area (Å²) in [4.78, 5) is 4.10. The second kappa shape index (κ2) is 4.48. The molecule has 0 spiro atoms. The lowest BCUT2D eigenvalue weighted by Gasteiger charge is -2.58. The van der Waals surface area contributed by atoms with Crippen LogP contribution in [0.2, 0.25) is 0 Å². The van der Waals surface area contributed by atoms with E-state index in [1.807, 2.05) is 12.4 Å². The Bertz CT molecular complexity index is 420. The Balaban J connectivity index is 1.55. The van der Waals surface area contributed by atoms with Gasteiger partial charge in [-0.2, -0.15) is 0 Å². The first-order valence-corrected chi connectivity index (χ1v) is 8.20. The van der Waals surface area contributed by atoms with E-state index in [-0.39, 0.29) is 0 Å². The van der Waals surface area contributed by atoms with Gasteiger partial charge in [-0.15, -0.1) is 11.6 Å². The molecule has 0 N–H and O–H groups in total. The highest BCUT2D eigenvalue weighted by Gasteiger charge is 2.53. The van der Waals surface area contributed by atoms with E-state index < -0.39 is 0 Å². The molecule has 1 heterocycles. The Morgan fingerprint density at radius 1 is 1.05 bits per heavy atom. The minimum absolute atomic E-state index is 0.322. The summed E-state index contributed by atoms with van der Waals surface area (Å²) in [5.74, 6) is 2.97. The molecular weight excluding hydrogens is 254 g/mol. The molecule has 1 atom stereocenters. The molecule has 0 aromatic carbocycles. The predicted molar refractivity (Wildman–Crippen MR) is 78.2 cm³/mol. The average Bonchev–Trinajstić information content (AvgIpc) is 2.38. The number of aromatic nitrogens is 1. The van der Waals surface area contributed by atoms with Gasteiger partial charge < -0.3 is 0 Å². The number of pyridine rings is 1. The van der Waals surface area contributed by atoms with Crippen molar-refractivity contribution < 1.29 is 0 Å². The quantitative estimate of drug-likeness (QED) is 0.743. The molecule has 0 saturated heterocycles. The Labute approximate surface area is 120 Å². The molecule has 102 valence electrons. The maximum atomic E-state index is 6.92. The van der Waals surface area contributed by atoms with E-state index in [0.29, 0.717) is 10.8 Å². The van der Waals surface area contributed by atoms with Gasteiger partial charge >= 0.3 is 0 Å². The molecule has 2 heteroatoms. The Morgan fingerprint density at radius 3 is 2.11 bits per heavy atom. The second-order valence-corrected chi connectivity index (χ2v) is 7.83. The molecule has 4 fully saturated rings. The van der Waals surface area contributed by atoms with Gasteiger partial charge in [0.15, 0.2) is 0 Å². The number of hydrogen-bond donors (Lipinski definition) is 0. The third kappa shape index (κ3) is 2.11. The SMILES string of the molecule is ClC(Cc1ccncc1)C12CC3CC(CC(C3)C1)C2. The van der Waals surface area contributed by atoms with E-state index >= 15 is 0 Å². The van der Waals surface area contributed by atoms with E-state index in [2.05, 4.69) is 17.1 Å². The van der Waals surface area contributed by atoms with Crippen molar-refractivity contribution in [2.75, 3.05) is 0 Å². The number of alkyl halides is 1. The summed E-state index contributed by atoms with van der Waals surface area (Å²) >= 11 is 6.92. The van der Waals surface area contributed by atoms with Crippen LogP contribution in [-0.4, -0.2) is 10.4 Å². The van der Waals surface area contributed by atoms with Crippen LogP contribution in [-0.2, 0) is 6.42 Å². The molecule has 1 unspecified atom stereocenters. The summed E-state index contributed by atoms with van der Waals surface area (Å²) in [7, 11) is 0. The normalized spacial score (nSPS) is 41.4. The topological polar surface area (TPSA) is 12.9 Å². The number of hydrogen-bond acceptors (Lipinski definition) is 1. The van der Waals surface area contributed by atoms with Crippen LogP contribution in [0, 0.1) is 23.2 Å². The van der Waals surface area contributed by atoms with Crippen LogP contribution in [0.4, 0.5) is 0 Å². The molecule has 4 aliphatic carbocycles. The first-order valence-electron chi connectivity index (χ1n) is 7.76. The first kappa shape index (κ1) is 12.2. The highest BCUT2D eigenvalue weighted by atomic mass is 35.5. The molecule has 1 aromatic heterocycles. The van der Waals surface area contributed by atoms with Crippen molar-refractivity contribution >= 4 is 11.6 Å². The zero-order valence-electron chi connectivity index (χ0n) is 11.4. The van der Waals surface area contributed by atoms with Crippen molar-refractivity contribution in [1.29, 1.82) is 0 Å². The lowest BCUT2D eigenvalue weighted by atomic mass is 9.48. The Hall–Kier alpha value is -0.560. The van der Waals surface area contributed by atoms with Crippen molar-refractivity contribution in [3.05, 3.63) is 30.1 Å². The highest BCUT2D eigenvalue weighted by molar-refractivity contribution is 6.21. The van der Waals surface area contributed by atoms with E-state index in [4.69, 9.17) is 11.6 Å². The largest absolute Gasteiger partial charge is 0.265 e. The summed E-state index contributed by atoms with van der Waals surface area (Å²) in [5.41, 5.74) is 1.81. The van der Waals surface area contributed by atoms with E-state index in [1.54, 1.807) is 0 Å². The predicted octanol–water partition coefficient (Wildman–Crippen LogP) is 4.45. The van der Waals surface area contributed by atoms with Crippen LogP contribution < -0.4 is 0 Å². The fraction of sp³-hybridized carbons (Fsp3) is 0.706. The van der Waals surface area contributed by atoms with Gasteiger partial charge in [0.05, 0.1) is 0 Å². The van der Waals surface area contributed by atoms with Crippen LogP contribution in [0.3, 0.4) is 0 Å². The average molecular weight is 276 g/mol. The van der Waals surface area contributed by atoms with Crippen LogP contribution in [0.25, 0.3) is 0 Å². The van der Waals surface area contributed by atoms with Crippen molar-refractivity contribution in [2.24, 2.45) is 23.2 Å². The van der Waals surface area contributed by atoms with Crippen LogP contribution >= 0.6 is 11.6 Å². The number of nitrogens with zero attached hydrogens (tertiary/aromatic N) is 1. The van der Waals surface area contributed by atoms with Crippen LogP contribution in [0.1, 0.15) is 44.1 Å². The molecule has 1 nitrogen and oxygen atoms in total. The maximum absolute atomic E-state index is 6.92. The van der Waals surface area contributed by atoms with Crippen molar-refractivity contribution in [1.82, 2.24) is 4.98 Å². The number of rotatable bonds is 3. The lowest BCUT2D eigenvalue weighted by molar-refractivity contribution is -0.0545. The summed E-state index contributed by atoms with van der Waals surface area (Å²) < 4.78 is 0. The van der Waals surface area contributed by atoms with Gasteiger partial charge in [-0.05, 0) is 85.8 Å². The summed E-state index contributed by atoms with van der Waals surface area (Å²) in [5, 5.41) is 0.322. The first-order chi connectivity index (χ1) is 9.23. The molecular formula is C17H22ClN. The molecule has 0 amide bonds. The minimum atomic E-state index is 0.322. The summed E-state index contributed by atoms with van der Waals surface area (Å²) in [6, 6.07) is 4.24. The van der Waals surface area contributed by atoms with E-state index in [9.17, 15) is 0 Å². The van der Waals surface area contributed by atoms with Crippen molar-refractivity contribution in [2.45, 2.75) is 50.3 Å². The minimum Gasteiger partial charge on any atom is -0.265 e. The van der Waals surface area contributed by atoms with Gasteiger partial charge in [-0.25, -0.2) is 0 Å². The maximum Gasteiger partial charge on any atom is 0.0432 e. The monoisotopic (exact) mass is 275 g/mol. The molecule has 0 aliphatic heterocycles. The van der Waals surface area contributed by atoms with E-state index in [1.165, 1.54) is 44.1 Å². The van der Waals surface area contributed by atoms with E-state index in [0.717, 1.165) is 24.2 Å². The Morgan fingerprint density at radius 2 is 1.58 bits per heavy atom. The summed E-state index contributed by atoms with van der Waals surface area (Å²) in [6.07, 6.45) is 13.5. The van der Waals surface area contributed by atoms with Crippen LogP contribution in [0.5, 0.6) is 0 Å². The fourth-order valence-electron chi connectivity index (χ4n) is 5.50. The van der Waals surface area contributed by atoms with Gasteiger partial charge in [0.2, 0.25) is 0 Å². The van der Waals surface area contributed by atoms with Crippen molar-refractivity contribution in [3.63, 3.8) is 0 Å². The second-order valence-electron chi connectivity index (χ2n) is 7.31. The third-order valence-corrected chi connectivity index (χ3v) is 6.53. The molecule has 4 aliphatic rings. The molecule has 1 aromatic rings. The van der Waals surface area contributed by atoms with Crippen LogP contribution in [0.15, 0.2) is 24.5 Å². The van der Waals surface area contributed by atoms with Gasteiger partial charge in [0.1, 0.15) is 0 Å². The Kier molecular flexibility index (Phi) is 2.88.